The van der Waals surface area contributed by atoms with E-state index in [0.717, 1.165) is 38.5 Å². The predicted octanol–water partition coefficient (Wildman–Crippen LogP) is 2.89. The van der Waals surface area contributed by atoms with E-state index in [1.165, 1.54) is 17.1 Å². The van der Waals surface area contributed by atoms with Crippen molar-refractivity contribution in [3.05, 3.63) is 48.0 Å². The summed E-state index contributed by atoms with van der Waals surface area (Å²) in [5.74, 6) is 2.25. The van der Waals surface area contributed by atoms with Crippen molar-refractivity contribution in [1.29, 1.82) is 0 Å². The SMILES string of the molecule is Cc1ncc(CN2CCS[C@@H]3COCC[C@@H]32)n1-c1ccccc1. The molecule has 0 saturated carbocycles. The minimum absolute atomic E-state index is 0.631. The van der Waals surface area contributed by atoms with Crippen LogP contribution in [-0.4, -0.2) is 51.3 Å². The van der Waals surface area contributed by atoms with Crippen LogP contribution in [0.3, 0.4) is 0 Å². The molecule has 4 rings (SSSR count). The van der Waals surface area contributed by atoms with E-state index in [1.54, 1.807) is 0 Å². The van der Waals surface area contributed by atoms with Gasteiger partial charge < -0.3 is 4.74 Å². The Bertz CT molecular complexity index is 656. The molecule has 0 bridgehead atoms. The third kappa shape index (κ3) is 3.05. The Morgan fingerprint density at radius 1 is 1.30 bits per heavy atom. The molecule has 1 aromatic carbocycles. The van der Waals surface area contributed by atoms with E-state index in [-0.39, 0.29) is 0 Å². The van der Waals surface area contributed by atoms with Crippen molar-refractivity contribution in [3.63, 3.8) is 0 Å². The lowest BCUT2D eigenvalue weighted by atomic mass is 10.1. The molecule has 2 aliphatic rings. The maximum atomic E-state index is 5.67. The highest BCUT2D eigenvalue weighted by atomic mass is 32.2. The second kappa shape index (κ2) is 6.67. The topological polar surface area (TPSA) is 30.3 Å². The second-order valence-electron chi connectivity index (χ2n) is 6.28. The van der Waals surface area contributed by atoms with Crippen molar-refractivity contribution >= 4 is 11.8 Å². The Morgan fingerprint density at radius 2 is 2.17 bits per heavy atom. The average Bonchev–Trinajstić information content (AvgIpc) is 2.96. The van der Waals surface area contributed by atoms with Crippen molar-refractivity contribution in [1.82, 2.24) is 14.5 Å². The van der Waals surface area contributed by atoms with Gasteiger partial charge in [-0.2, -0.15) is 11.8 Å². The zero-order valence-electron chi connectivity index (χ0n) is 13.5. The van der Waals surface area contributed by atoms with Crippen LogP contribution in [0.15, 0.2) is 36.5 Å². The molecule has 2 fully saturated rings. The van der Waals surface area contributed by atoms with E-state index >= 15 is 0 Å². The number of para-hydroxylation sites is 1. The van der Waals surface area contributed by atoms with Gasteiger partial charge in [-0.15, -0.1) is 0 Å². The fraction of sp³-hybridized carbons (Fsp3) is 0.500. The Labute approximate surface area is 141 Å². The molecule has 2 aliphatic heterocycles. The first-order valence-electron chi connectivity index (χ1n) is 8.35. The van der Waals surface area contributed by atoms with Crippen LogP contribution in [0.2, 0.25) is 0 Å². The summed E-state index contributed by atoms with van der Waals surface area (Å²) >= 11 is 2.08. The predicted molar refractivity (Wildman–Crippen MR) is 94.2 cm³/mol. The molecular weight excluding hydrogens is 306 g/mol. The third-order valence-corrected chi connectivity index (χ3v) is 6.14. The molecule has 23 heavy (non-hydrogen) atoms. The summed E-state index contributed by atoms with van der Waals surface area (Å²) < 4.78 is 7.96. The van der Waals surface area contributed by atoms with Gasteiger partial charge in [0.2, 0.25) is 0 Å². The minimum Gasteiger partial charge on any atom is -0.380 e. The molecule has 0 spiro atoms. The number of imidazole rings is 1. The average molecular weight is 329 g/mol. The van der Waals surface area contributed by atoms with Crippen LogP contribution in [0.4, 0.5) is 0 Å². The molecule has 4 nitrogen and oxygen atoms in total. The number of rotatable bonds is 3. The highest BCUT2D eigenvalue weighted by Crippen LogP contribution is 2.31. The molecular formula is C18H23N3OS. The molecule has 0 aliphatic carbocycles. The van der Waals surface area contributed by atoms with Gasteiger partial charge in [-0.05, 0) is 25.5 Å². The number of hydrogen-bond acceptors (Lipinski definition) is 4. The van der Waals surface area contributed by atoms with E-state index in [4.69, 9.17) is 4.74 Å². The van der Waals surface area contributed by atoms with Crippen molar-refractivity contribution in [2.75, 3.05) is 25.5 Å². The van der Waals surface area contributed by atoms with Gasteiger partial charge >= 0.3 is 0 Å². The summed E-state index contributed by atoms with van der Waals surface area (Å²) in [6.45, 7) is 6.01. The monoisotopic (exact) mass is 329 g/mol. The number of nitrogens with zero attached hydrogens (tertiary/aromatic N) is 3. The van der Waals surface area contributed by atoms with Crippen LogP contribution < -0.4 is 0 Å². The molecule has 1 aromatic heterocycles. The summed E-state index contributed by atoms with van der Waals surface area (Å²) in [5, 5.41) is 0.631. The lowest BCUT2D eigenvalue weighted by Crippen LogP contribution is -2.51. The molecule has 122 valence electrons. The number of aromatic nitrogens is 2. The van der Waals surface area contributed by atoms with Crippen LogP contribution in [0.5, 0.6) is 0 Å². The van der Waals surface area contributed by atoms with Crippen LogP contribution >= 0.6 is 11.8 Å². The molecule has 2 saturated heterocycles. The molecule has 0 unspecified atom stereocenters. The molecule has 2 aromatic rings. The quantitative estimate of drug-likeness (QED) is 0.866. The van der Waals surface area contributed by atoms with Gasteiger partial charge in [-0.25, -0.2) is 4.98 Å². The maximum absolute atomic E-state index is 5.67. The fourth-order valence-corrected chi connectivity index (χ4v) is 5.07. The molecule has 3 heterocycles. The smallest absolute Gasteiger partial charge is 0.110 e. The Balaban J connectivity index is 1.59. The summed E-state index contributed by atoms with van der Waals surface area (Å²) in [7, 11) is 0. The Morgan fingerprint density at radius 3 is 3.04 bits per heavy atom. The largest absolute Gasteiger partial charge is 0.380 e. The molecule has 2 atom stereocenters. The molecule has 0 radical (unpaired) electrons. The number of fused-ring (bicyclic) bond motifs is 1. The van der Waals surface area contributed by atoms with Crippen molar-refractivity contribution in [2.24, 2.45) is 0 Å². The van der Waals surface area contributed by atoms with Crippen molar-refractivity contribution in [3.8, 4) is 5.69 Å². The van der Waals surface area contributed by atoms with Crippen molar-refractivity contribution in [2.45, 2.75) is 31.2 Å². The van der Waals surface area contributed by atoms with Crippen LogP contribution in [0.25, 0.3) is 5.69 Å². The van der Waals surface area contributed by atoms with E-state index in [1.807, 2.05) is 6.20 Å². The highest BCUT2D eigenvalue weighted by Gasteiger charge is 2.34. The lowest BCUT2D eigenvalue weighted by molar-refractivity contribution is 0.0345. The second-order valence-corrected chi connectivity index (χ2v) is 7.63. The first-order chi connectivity index (χ1) is 11.3. The minimum atomic E-state index is 0.631. The van der Waals surface area contributed by atoms with Crippen LogP contribution in [-0.2, 0) is 11.3 Å². The van der Waals surface area contributed by atoms with Gasteiger partial charge in [0, 0.05) is 42.4 Å². The Kier molecular flexibility index (Phi) is 4.42. The number of aryl methyl sites for hydroxylation is 1. The first-order valence-corrected chi connectivity index (χ1v) is 9.40. The molecule has 5 heteroatoms. The van der Waals surface area contributed by atoms with E-state index < -0.39 is 0 Å². The number of hydrogen-bond donors (Lipinski definition) is 0. The van der Waals surface area contributed by atoms with Gasteiger partial charge in [-0.1, -0.05) is 18.2 Å². The third-order valence-electron chi connectivity index (χ3n) is 4.84. The lowest BCUT2D eigenvalue weighted by Gasteiger charge is -2.43. The fourth-order valence-electron chi connectivity index (χ4n) is 3.70. The summed E-state index contributed by atoms with van der Waals surface area (Å²) in [6, 6.07) is 11.2. The van der Waals surface area contributed by atoms with Gasteiger partial charge in [0.05, 0.1) is 18.5 Å². The summed E-state index contributed by atoms with van der Waals surface area (Å²) in [6.07, 6.45) is 3.19. The van der Waals surface area contributed by atoms with E-state index in [2.05, 4.69) is 63.5 Å². The Hall–Kier alpha value is -1.30. The number of benzene rings is 1. The maximum Gasteiger partial charge on any atom is 0.110 e. The van der Waals surface area contributed by atoms with Crippen LogP contribution in [0, 0.1) is 6.92 Å². The zero-order valence-corrected chi connectivity index (χ0v) is 14.3. The standard InChI is InChI=1S/C18H23N3OS/c1-14-19-11-16(21(14)15-5-3-2-4-6-15)12-20-8-10-23-18-13-22-9-7-17(18)20/h2-6,11,17-18H,7-10,12-13H2,1H3/t17-,18+/m0/s1. The zero-order chi connectivity index (χ0) is 15.6. The summed E-state index contributed by atoms with van der Waals surface area (Å²) in [5.41, 5.74) is 2.48. The summed E-state index contributed by atoms with van der Waals surface area (Å²) in [4.78, 5) is 7.21. The van der Waals surface area contributed by atoms with Gasteiger partial charge in [0.25, 0.3) is 0 Å². The normalized spacial score (nSPS) is 25.3. The van der Waals surface area contributed by atoms with Gasteiger partial charge in [-0.3, -0.25) is 9.47 Å². The van der Waals surface area contributed by atoms with E-state index in [0.29, 0.717) is 11.3 Å². The molecule has 0 amide bonds. The number of thioether (sulfide) groups is 1. The highest BCUT2D eigenvalue weighted by molar-refractivity contribution is 8.00. The van der Waals surface area contributed by atoms with E-state index in [9.17, 15) is 0 Å². The van der Waals surface area contributed by atoms with Crippen LogP contribution in [0.1, 0.15) is 17.9 Å². The van der Waals surface area contributed by atoms with Gasteiger partial charge in [0.15, 0.2) is 0 Å². The molecule has 0 N–H and O–H groups in total. The van der Waals surface area contributed by atoms with Crippen molar-refractivity contribution < 1.29 is 4.74 Å². The number of ether oxygens (including phenoxy) is 1. The first kappa shape index (κ1) is 15.2. The van der Waals surface area contributed by atoms with Gasteiger partial charge in [0.1, 0.15) is 5.82 Å².